The summed E-state index contributed by atoms with van der Waals surface area (Å²) >= 11 is 0. The molecule has 2 N–H and O–H groups in total. The van der Waals surface area contributed by atoms with Crippen molar-refractivity contribution in [1.82, 2.24) is 0 Å². The Morgan fingerprint density at radius 1 is 0.955 bits per heavy atom. The maximum Gasteiger partial charge on any atom is 0.163 e. The number of hydrogen-bond acceptors (Lipinski definition) is 6. The SMILES string of the molecule is C=C(C[C@@H](O)[C@H]1COC(C)(C)O1)C[C@@H](O)[C@H]1COC(C)(C)O1. The molecule has 2 aliphatic heterocycles. The van der Waals surface area contributed by atoms with Crippen LogP contribution in [0.5, 0.6) is 0 Å². The molecule has 2 aliphatic rings. The molecule has 0 saturated carbocycles. The van der Waals surface area contributed by atoms with Crippen molar-refractivity contribution in [3.8, 4) is 0 Å². The summed E-state index contributed by atoms with van der Waals surface area (Å²) in [6, 6.07) is 0. The summed E-state index contributed by atoms with van der Waals surface area (Å²) in [6.07, 6.45) is -1.41. The minimum atomic E-state index is -0.696. The predicted octanol–water partition coefficient (Wildman–Crippen LogP) is 1.35. The highest BCUT2D eigenvalue weighted by molar-refractivity contribution is 5.01. The Kier molecular flexibility index (Phi) is 5.31. The first-order valence-corrected chi connectivity index (χ1v) is 7.74. The van der Waals surface area contributed by atoms with Gasteiger partial charge >= 0.3 is 0 Å². The van der Waals surface area contributed by atoms with E-state index in [1.54, 1.807) is 0 Å². The van der Waals surface area contributed by atoms with Crippen molar-refractivity contribution in [2.24, 2.45) is 0 Å². The molecule has 0 aliphatic carbocycles. The third-order valence-electron chi connectivity index (χ3n) is 3.91. The summed E-state index contributed by atoms with van der Waals surface area (Å²) in [5.41, 5.74) is 0.751. The molecule has 0 amide bonds. The van der Waals surface area contributed by atoms with Crippen LogP contribution in [0.4, 0.5) is 0 Å². The van der Waals surface area contributed by atoms with E-state index >= 15 is 0 Å². The van der Waals surface area contributed by atoms with Crippen molar-refractivity contribution < 1.29 is 29.2 Å². The Morgan fingerprint density at radius 2 is 1.32 bits per heavy atom. The second-order valence-corrected chi connectivity index (χ2v) is 7.03. The van der Waals surface area contributed by atoms with E-state index in [2.05, 4.69) is 6.58 Å². The minimum absolute atomic E-state index is 0.359. The van der Waals surface area contributed by atoms with Gasteiger partial charge in [-0.25, -0.2) is 0 Å². The van der Waals surface area contributed by atoms with Crippen molar-refractivity contribution in [3.63, 3.8) is 0 Å². The van der Waals surface area contributed by atoms with Gasteiger partial charge in [-0.2, -0.15) is 0 Å². The molecule has 2 fully saturated rings. The van der Waals surface area contributed by atoms with Crippen LogP contribution in [0.2, 0.25) is 0 Å². The van der Waals surface area contributed by atoms with Gasteiger partial charge in [0.05, 0.1) is 25.4 Å². The molecule has 6 nitrogen and oxygen atoms in total. The Morgan fingerprint density at radius 3 is 1.59 bits per heavy atom. The summed E-state index contributed by atoms with van der Waals surface area (Å²) in [7, 11) is 0. The van der Waals surface area contributed by atoms with Crippen molar-refractivity contribution in [2.75, 3.05) is 13.2 Å². The normalized spacial score (nSPS) is 32.8. The fourth-order valence-electron chi connectivity index (χ4n) is 2.75. The summed E-state index contributed by atoms with van der Waals surface area (Å²) in [4.78, 5) is 0. The van der Waals surface area contributed by atoms with Gasteiger partial charge in [0, 0.05) is 0 Å². The Balaban J connectivity index is 1.76. The van der Waals surface area contributed by atoms with Gasteiger partial charge in [0.2, 0.25) is 0 Å². The average molecular weight is 316 g/mol. The lowest BCUT2D eigenvalue weighted by Gasteiger charge is -2.23. The zero-order valence-corrected chi connectivity index (χ0v) is 13.9. The number of rotatable bonds is 6. The number of aliphatic hydroxyl groups excluding tert-OH is 2. The molecule has 0 aromatic carbocycles. The van der Waals surface area contributed by atoms with Crippen LogP contribution in [0, 0.1) is 0 Å². The van der Waals surface area contributed by atoms with Crippen LogP contribution in [0.3, 0.4) is 0 Å². The van der Waals surface area contributed by atoms with Crippen LogP contribution in [0.1, 0.15) is 40.5 Å². The summed E-state index contributed by atoms with van der Waals surface area (Å²) in [5.74, 6) is -1.32. The second kappa shape index (κ2) is 6.55. The highest BCUT2D eigenvalue weighted by atomic mass is 16.8. The Bertz CT molecular complexity index is 369. The molecular formula is C16H28O6. The molecule has 0 unspecified atom stereocenters. The zero-order valence-electron chi connectivity index (χ0n) is 13.9. The highest BCUT2D eigenvalue weighted by Gasteiger charge is 2.38. The number of hydrogen-bond donors (Lipinski definition) is 2. The maximum absolute atomic E-state index is 10.2. The molecule has 6 heteroatoms. The van der Waals surface area contributed by atoms with E-state index < -0.39 is 23.8 Å². The molecular weight excluding hydrogens is 288 g/mol. The van der Waals surface area contributed by atoms with Gasteiger partial charge in [-0.05, 0) is 40.5 Å². The van der Waals surface area contributed by atoms with E-state index in [1.807, 2.05) is 27.7 Å². The average Bonchev–Trinajstić information content (AvgIpc) is 2.91. The fraction of sp³-hybridized carbons (Fsp3) is 0.875. The predicted molar refractivity (Wildman–Crippen MR) is 80.2 cm³/mol. The van der Waals surface area contributed by atoms with E-state index in [9.17, 15) is 10.2 Å². The Labute approximate surface area is 132 Å². The van der Waals surface area contributed by atoms with E-state index in [0.717, 1.165) is 5.57 Å². The third-order valence-corrected chi connectivity index (χ3v) is 3.91. The van der Waals surface area contributed by atoms with Gasteiger partial charge in [-0.15, -0.1) is 0 Å². The van der Waals surface area contributed by atoms with Gasteiger partial charge in [-0.1, -0.05) is 12.2 Å². The topological polar surface area (TPSA) is 77.4 Å². The lowest BCUT2D eigenvalue weighted by molar-refractivity contribution is -0.151. The van der Waals surface area contributed by atoms with Crippen LogP contribution >= 0.6 is 0 Å². The monoisotopic (exact) mass is 316 g/mol. The van der Waals surface area contributed by atoms with Crippen LogP contribution in [-0.4, -0.2) is 59.4 Å². The molecule has 22 heavy (non-hydrogen) atoms. The van der Waals surface area contributed by atoms with Crippen molar-refractivity contribution in [1.29, 1.82) is 0 Å². The molecule has 2 saturated heterocycles. The highest BCUT2D eigenvalue weighted by Crippen LogP contribution is 2.29. The molecule has 0 radical (unpaired) electrons. The second-order valence-electron chi connectivity index (χ2n) is 7.03. The van der Waals surface area contributed by atoms with E-state index in [0.29, 0.717) is 26.1 Å². The maximum atomic E-state index is 10.2. The summed E-state index contributed by atoms with van der Waals surface area (Å²) in [6.45, 7) is 11.9. The molecule has 2 heterocycles. The lowest BCUT2D eigenvalue weighted by Crippen LogP contribution is -2.33. The van der Waals surface area contributed by atoms with E-state index in [-0.39, 0.29) is 12.2 Å². The fourth-order valence-corrected chi connectivity index (χ4v) is 2.75. The number of ether oxygens (including phenoxy) is 4. The summed E-state index contributed by atoms with van der Waals surface area (Å²) in [5, 5.41) is 20.4. The van der Waals surface area contributed by atoms with Gasteiger partial charge in [-0.3, -0.25) is 0 Å². The van der Waals surface area contributed by atoms with Crippen LogP contribution in [-0.2, 0) is 18.9 Å². The molecule has 4 atom stereocenters. The van der Waals surface area contributed by atoms with Gasteiger partial charge < -0.3 is 29.2 Å². The first-order valence-electron chi connectivity index (χ1n) is 7.74. The molecule has 0 aromatic heterocycles. The van der Waals surface area contributed by atoms with Gasteiger partial charge in [0.15, 0.2) is 11.6 Å². The zero-order chi connectivity index (χ0) is 16.5. The lowest BCUT2D eigenvalue weighted by atomic mass is 9.98. The molecule has 0 spiro atoms. The van der Waals surface area contributed by atoms with Crippen molar-refractivity contribution in [2.45, 2.75) is 76.5 Å². The standard InChI is InChI=1S/C16H28O6/c1-10(6-11(17)13-8-19-15(2,3)21-13)7-12(18)14-9-20-16(4,5)22-14/h11-14,17-18H,1,6-9H2,2-5H3/t11-,12-,13-,14-/m1/s1. The molecule has 0 aromatic rings. The van der Waals surface area contributed by atoms with Gasteiger partial charge in [0.25, 0.3) is 0 Å². The molecule has 2 rings (SSSR count). The molecule has 128 valence electrons. The third kappa shape index (κ3) is 4.75. The van der Waals surface area contributed by atoms with Crippen LogP contribution in [0.25, 0.3) is 0 Å². The largest absolute Gasteiger partial charge is 0.390 e. The smallest absolute Gasteiger partial charge is 0.163 e. The quantitative estimate of drug-likeness (QED) is 0.720. The van der Waals surface area contributed by atoms with Crippen LogP contribution in [0.15, 0.2) is 12.2 Å². The van der Waals surface area contributed by atoms with E-state index in [4.69, 9.17) is 18.9 Å². The van der Waals surface area contributed by atoms with Crippen LogP contribution < -0.4 is 0 Å². The Hall–Kier alpha value is -0.500. The van der Waals surface area contributed by atoms with Crippen molar-refractivity contribution in [3.05, 3.63) is 12.2 Å². The van der Waals surface area contributed by atoms with E-state index in [1.165, 1.54) is 0 Å². The first-order chi connectivity index (χ1) is 10.1. The van der Waals surface area contributed by atoms with Gasteiger partial charge in [0.1, 0.15) is 12.2 Å². The number of aliphatic hydroxyl groups is 2. The van der Waals surface area contributed by atoms with Crippen molar-refractivity contribution >= 4 is 0 Å². The molecule has 0 bridgehead atoms. The first kappa shape index (κ1) is 17.8. The summed E-state index contributed by atoms with van der Waals surface area (Å²) < 4.78 is 22.1. The minimum Gasteiger partial charge on any atom is -0.390 e.